The lowest BCUT2D eigenvalue weighted by Crippen LogP contribution is -1.79. The molecule has 22 heavy (non-hydrogen) atoms. The third-order valence-electron chi connectivity index (χ3n) is 3.62. The summed E-state index contributed by atoms with van der Waals surface area (Å²) in [4.78, 5) is 9.00. The Labute approximate surface area is 139 Å². The van der Waals surface area contributed by atoms with E-state index in [1.807, 2.05) is 0 Å². The number of hydrogen-bond donors (Lipinski definition) is 1. The molecule has 132 valence electrons. The van der Waals surface area contributed by atoms with Gasteiger partial charge in [0.2, 0.25) is 0 Å². The third-order valence-corrected chi connectivity index (χ3v) is 3.62. The molecule has 0 fully saturated rings. The van der Waals surface area contributed by atoms with Gasteiger partial charge in [-0.3, -0.25) is 4.79 Å². The fourth-order valence-electron chi connectivity index (χ4n) is 2.32. The second kappa shape index (κ2) is 22.5. The molecule has 0 bridgehead atoms. The van der Waals surface area contributed by atoms with Crippen molar-refractivity contribution in [1.29, 1.82) is 0 Å². The van der Waals surface area contributed by atoms with Crippen molar-refractivity contribution in [3.8, 4) is 0 Å². The largest absolute Gasteiger partial charge is 0.481 e. The van der Waals surface area contributed by atoms with Gasteiger partial charge in [-0.25, -0.2) is 0 Å². The normalized spacial score (nSPS) is 10.5. The fraction of sp³-hybridized carbons (Fsp3) is 0.850. The first kappa shape index (κ1) is 23.5. The minimum absolute atomic E-state index is 0.833. The van der Waals surface area contributed by atoms with Gasteiger partial charge < -0.3 is 5.11 Å². The molecule has 0 aliphatic rings. The number of carboxylic acid groups (broad SMARTS) is 1. The van der Waals surface area contributed by atoms with Gasteiger partial charge in [-0.15, -0.1) is 0 Å². The molecule has 0 spiro atoms. The topological polar surface area (TPSA) is 37.3 Å². The van der Waals surface area contributed by atoms with E-state index in [-0.39, 0.29) is 0 Å². The maximum absolute atomic E-state index is 9.00. The molecular weight excluding hydrogens is 272 g/mol. The average molecular weight is 313 g/mol. The van der Waals surface area contributed by atoms with E-state index in [1.165, 1.54) is 89.9 Å². The van der Waals surface area contributed by atoms with Crippen LogP contribution < -0.4 is 0 Å². The Morgan fingerprint density at radius 2 is 0.955 bits per heavy atom. The van der Waals surface area contributed by atoms with Crippen LogP contribution in [0.4, 0.5) is 0 Å². The Hall–Kier alpha value is -0.790. The van der Waals surface area contributed by atoms with E-state index < -0.39 is 5.97 Å². The molecule has 0 aromatic rings. The van der Waals surface area contributed by atoms with Crippen molar-refractivity contribution in [3.63, 3.8) is 0 Å². The van der Waals surface area contributed by atoms with Gasteiger partial charge in [0.1, 0.15) is 0 Å². The van der Waals surface area contributed by atoms with Crippen molar-refractivity contribution in [1.82, 2.24) is 0 Å². The smallest absolute Gasteiger partial charge is 0.300 e. The standard InChI is InChI=1S/C18H36.C2H4O2/c1-3-5-7-9-11-13-15-17-18-16-14-12-10-8-6-4-2;1-2(3)4/h17-18H,3-16H2,1-2H3;1H3,(H,3,4). The predicted octanol–water partition coefficient (Wildman–Crippen LogP) is 7.13. The molecule has 0 rings (SSSR count). The first-order valence-electron chi connectivity index (χ1n) is 9.49. The van der Waals surface area contributed by atoms with Crippen LogP contribution in [0.5, 0.6) is 0 Å². The molecule has 0 aliphatic heterocycles. The second-order valence-corrected chi connectivity index (χ2v) is 6.10. The summed E-state index contributed by atoms with van der Waals surface area (Å²) in [5.74, 6) is -0.833. The summed E-state index contributed by atoms with van der Waals surface area (Å²) in [7, 11) is 0. The molecule has 0 aliphatic carbocycles. The van der Waals surface area contributed by atoms with Crippen molar-refractivity contribution in [2.75, 3.05) is 0 Å². The van der Waals surface area contributed by atoms with Crippen molar-refractivity contribution in [2.45, 2.75) is 111 Å². The Balaban J connectivity index is 0. The van der Waals surface area contributed by atoms with E-state index in [4.69, 9.17) is 9.90 Å². The molecule has 2 nitrogen and oxygen atoms in total. The molecule has 0 aromatic carbocycles. The van der Waals surface area contributed by atoms with Crippen molar-refractivity contribution >= 4 is 5.97 Å². The summed E-state index contributed by atoms with van der Waals surface area (Å²) in [6.45, 7) is 5.65. The van der Waals surface area contributed by atoms with Gasteiger partial charge in [-0.1, -0.05) is 90.2 Å². The Morgan fingerprint density at radius 3 is 1.27 bits per heavy atom. The Morgan fingerprint density at radius 1 is 0.682 bits per heavy atom. The molecular formula is C20H40O2. The van der Waals surface area contributed by atoms with Crippen LogP contribution in [-0.2, 0) is 4.79 Å². The fourth-order valence-corrected chi connectivity index (χ4v) is 2.32. The average Bonchev–Trinajstić information content (AvgIpc) is 2.47. The van der Waals surface area contributed by atoms with Crippen molar-refractivity contribution in [2.24, 2.45) is 0 Å². The highest BCUT2D eigenvalue weighted by Gasteiger charge is 1.89. The molecule has 0 atom stereocenters. The molecule has 0 aromatic heterocycles. The molecule has 0 unspecified atom stereocenters. The molecule has 1 N–H and O–H groups in total. The third kappa shape index (κ3) is 31.5. The predicted molar refractivity (Wildman–Crippen MR) is 98.4 cm³/mol. The van der Waals surface area contributed by atoms with Gasteiger partial charge in [-0.05, 0) is 25.7 Å². The summed E-state index contributed by atoms with van der Waals surface area (Å²) in [5, 5.41) is 7.42. The number of rotatable bonds is 14. The van der Waals surface area contributed by atoms with Gasteiger partial charge in [0.25, 0.3) is 5.97 Å². The number of aliphatic carboxylic acids is 1. The zero-order valence-electron chi connectivity index (χ0n) is 15.4. The lowest BCUT2D eigenvalue weighted by atomic mass is 10.1. The maximum Gasteiger partial charge on any atom is 0.300 e. The van der Waals surface area contributed by atoms with Crippen LogP contribution in [0.15, 0.2) is 12.2 Å². The van der Waals surface area contributed by atoms with E-state index in [0.717, 1.165) is 6.92 Å². The minimum Gasteiger partial charge on any atom is -0.481 e. The van der Waals surface area contributed by atoms with Crippen LogP contribution >= 0.6 is 0 Å². The summed E-state index contributed by atoms with van der Waals surface area (Å²) in [5.41, 5.74) is 0. The van der Waals surface area contributed by atoms with E-state index in [9.17, 15) is 0 Å². The molecule has 2 heteroatoms. The summed E-state index contributed by atoms with van der Waals surface area (Å²) in [6.07, 6.45) is 24.4. The number of unbranched alkanes of at least 4 members (excludes halogenated alkanes) is 12. The van der Waals surface area contributed by atoms with E-state index in [1.54, 1.807) is 0 Å². The van der Waals surface area contributed by atoms with Gasteiger partial charge in [0.05, 0.1) is 0 Å². The highest BCUT2D eigenvalue weighted by Crippen LogP contribution is 2.09. The van der Waals surface area contributed by atoms with Crippen molar-refractivity contribution < 1.29 is 9.90 Å². The lowest BCUT2D eigenvalue weighted by Gasteiger charge is -1.98. The quantitative estimate of drug-likeness (QED) is 0.273. The van der Waals surface area contributed by atoms with E-state index in [0.29, 0.717) is 0 Å². The molecule has 0 saturated carbocycles. The summed E-state index contributed by atoms with van der Waals surface area (Å²) >= 11 is 0. The van der Waals surface area contributed by atoms with Gasteiger partial charge in [0.15, 0.2) is 0 Å². The maximum atomic E-state index is 9.00. The monoisotopic (exact) mass is 312 g/mol. The van der Waals surface area contributed by atoms with Gasteiger partial charge in [0, 0.05) is 6.92 Å². The van der Waals surface area contributed by atoms with Crippen LogP contribution in [0.3, 0.4) is 0 Å². The van der Waals surface area contributed by atoms with E-state index in [2.05, 4.69) is 26.0 Å². The Kier molecular flexibility index (Phi) is 24.0. The number of carbonyl (C=O) groups is 1. The van der Waals surface area contributed by atoms with Crippen LogP contribution in [0.2, 0.25) is 0 Å². The highest BCUT2D eigenvalue weighted by molar-refractivity contribution is 5.62. The molecule has 0 radical (unpaired) electrons. The molecule has 0 heterocycles. The summed E-state index contributed by atoms with van der Waals surface area (Å²) < 4.78 is 0. The molecule has 0 amide bonds. The van der Waals surface area contributed by atoms with Gasteiger partial charge >= 0.3 is 0 Å². The van der Waals surface area contributed by atoms with Crippen LogP contribution in [0, 0.1) is 0 Å². The van der Waals surface area contributed by atoms with Crippen LogP contribution in [-0.4, -0.2) is 11.1 Å². The van der Waals surface area contributed by atoms with Crippen LogP contribution in [0.25, 0.3) is 0 Å². The van der Waals surface area contributed by atoms with Crippen LogP contribution in [0.1, 0.15) is 111 Å². The zero-order chi connectivity index (χ0) is 16.9. The lowest BCUT2D eigenvalue weighted by molar-refractivity contribution is -0.134. The minimum atomic E-state index is -0.833. The summed E-state index contributed by atoms with van der Waals surface area (Å²) in [6, 6.07) is 0. The zero-order valence-corrected chi connectivity index (χ0v) is 15.4. The van der Waals surface area contributed by atoms with Crippen molar-refractivity contribution in [3.05, 3.63) is 12.2 Å². The molecule has 0 saturated heterocycles. The number of hydrogen-bond acceptors (Lipinski definition) is 1. The van der Waals surface area contributed by atoms with E-state index >= 15 is 0 Å². The first-order chi connectivity index (χ1) is 10.6. The number of carboxylic acids is 1. The highest BCUT2D eigenvalue weighted by atomic mass is 16.4. The SMILES string of the molecule is CC(=O)O.CCCCCCCCC=CCCCCCCCC. The first-order valence-corrected chi connectivity index (χ1v) is 9.49. The van der Waals surface area contributed by atoms with Gasteiger partial charge in [-0.2, -0.15) is 0 Å². The second-order valence-electron chi connectivity index (χ2n) is 6.10. The number of allylic oxidation sites excluding steroid dienone is 2. The Bertz CT molecular complexity index is 212.